The normalized spacial score (nSPS) is 12.0. The summed E-state index contributed by atoms with van der Waals surface area (Å²) in [5.41, 5.74) is 3.32. The van der Waals surface area contributed by atoms with Crippen molar-refractivity contribution in [3.8, 4) is 5.75 Å². The quantitative estimate of drug-likeness (QED) is 0.536. The summed E-state index contributed by atoms with van der Waals surface area (Å²) in [6.07, 6.45) is 2.26. The number of phenols is 1. The first-order chi connectivity index (χ1) is 14.3. The highest BCUT2D eigenvalue weighted by molar-refractivity contribution is 7.95. The summed E-state index contributed by atoms with van der Waals surface area (Å²) >= 11 is 0. The molecule has 160 valence electrons. The highest BCUT2D eigenvalue weighted by Crippen LogP contribution is 2.23. The van der Waals surface area contributed by atoms with Gasteiger partial charge in [-0.25, -0.2) is 4.18 Å². The van der Waals surface area contributed by atoms with Gasteiger partial charge in [-0.1, -0.05) is 60.7 Å². The molecule has 0 bridgehead atoms. The highest BCUT2D eigenvalue weighted by Gasteiger charge is 2.18. The number of rotatable bonds is 7. The van der Waals surface area contributed by atoms with Gasteiger partial charge in [-0.3, -0.25) is 4.18 Å². The molecule has 0 radical (unpaired) electrons. The minimum Gasteiger partial charge on any atom is -0.508 e. The van der Waals surface area contributed by atoms with E-state index in [9.17, 15) is 13.5 Å². The highest BCUT2D eigenvalue weighted by atomic mass is 32.3. The average Bonchev–Trinajstić information content (AvgIpc) is 2.74. The zero-order valence-corrected chi connectivity index (χ0v) is 18.9. The first kappa shape index (κ1) is 24.0. The second-order valence-corrected chi connectivity index (χ2v) is 9.93. The number of phenolic OH excluding ortho intramolecular Hbond substituents is 1. The van der Waals surface area contributed by atoms with Crippen LogP contribution >= 0.6 is 0 Å². The molecule has 30 heavy (non-hydrogen) atoms. The van der Waals surface area contributed by atoms with E-state index in [0.29, 0.717) is 5.75 Å². The summed E-state index contributed by atoms with van der Waals surface area (Å²) < 4.78 is 30.1. The number of hydrogen-bond acceptors (Lipinski definition) is 5. The molecular formula is C23H27O5S2+. The minimum absolute atomic E-state index is 0.00296. The molecule has 0 aliphatic carbocycles. The number of benzene rings is 3. The summed E-state index contributed by atoms with van der Waals surface area (Å²) in [6.45, 7) is 2.06. The number of hydrogen-bond donors (Lipinski definition) is 1. The molecule has 0 saturated carbocycles. The van der Waals surface area contributed by atoms with Gasteiger partial charge in [0.15, 0.2) is 4.90 Å². The Labute approximate surface area is 182 Å². The van der Waals surface area contributed by atoms with Crippen LogP contribution in [0, 0.1) is 6.92 Å². The first-order valence-electron chi connectivity index (χ1n) is 9.25. The van der Waals surface area contributed by atoms with Crippen molar-refractivity contribution in [1.29, 1.82) is 0 Å². The molecule has 0 heterocycles. The zero-order chi connectivity index (χ0) is 22.0. The topological polar surface area (TPSA) is 72.8 Å². The minimum atomic E-state index is -3.82. The molecule has 0 fully saturated rings. The Bertz CT molecular complexity index is 1010. The van der Waals surface area contributed by atoms with E-state index in [2.05, 4.69) is 45.8 Å². The van der Waals surface area contributed by atoms with E-state index < -0.39 is 10.4 Å². The Hall–Kier alpha value is -2.32. The molecular weight excluding hydrogens is 420 g/mol. The average molecular weight is 448 g/mol. The van der Waals surface area contributed by atoms with Crippen molar-refractivity contribution in [3.05, 3.63) is 95.6 Å². The third-order valence-electron chi connectivity index (χ3n) is 4.18. The molecule has 1 N–H and O–H groups in total. The van der Waals surface area contributed by atoms with Crippen molar-refractivity contribution in [3.63, 3.8) is 0 Å². The molecule has 0 saturated heterocycles. The van der Waals surface area contributed by atoms with Crippen LogP contribution in [0.2, 0.25) is 0 Å². The van der Waals surface area contributed by atoms with Crippen molar-refractivity contribution >= 4 is 21.3 Å². The monoisotopic (exact) mass is 447 g/mol. The predicted molar refractivity (Wildman–Crippen MR) is 122 cm³/mol. The summed E-state index contributed by atoms with van der Waals surface area (Å²) in [6, 6.07) is 25.2. The lowest BCUT2D eigenvalue weighted by atomic mass is 10.2. The van der Waals surface area contributed by atoms with Crippen molar-refractivity contribution in [2.75, 3.05) is 13.4 Å². The van der Waals surface area contributed by atoms with E-state index in [1.165, 1.54) is 16.0 Å². The molecule has 3 aromatic carbocycles. The van der Waals surface area contributed by atoms with Crippen LogP contribution in [0.1, 0.15) is 16.7 Å². The number of aryl methyl sites for hydroxylation is 1. The van der Waals surface area contributed by atoms with Gasteiger partial charge in [0, 0.05) is 22.0 Å². The van der Waals surface area contributed by atoms with E-state index in [4.69, 9.17) is 0 Å². The van der Waals surface area contributed by atoms with Crippen molar-refractivity contribution in [2.24, 2.45) is 0 Å². The molecule has 3 aromatic rings. The van der Waals surface area contributed by atoms with Gasteiger partial charge in [0.05, 0.1) is 13.7 Å². The maximum absolute atomic E-state index is 10.7. The van der Waals surface area contributed by atoms with Gasteiger partial charge in [0.25, 0.3) is 0 Å². The Morgan fingerprint density at radius 1 is 0.900 bits per heavy atom. The van der Waals surface area contributed by atoms with Gasteiger partial charge < -0.3 is 5.11 Å². The van der Waals surface area contributed by atoms with Gasteiger partial charge >= 0.3 is 10.4 Å². The Morgan fingerprint density at radius 3 is 2.00 bits per heavy atom. The first-order valence-corrected chi connectivity index (χ1v) is 12.4. The fraction of sp³-hybridized carbons (Fsp3) is 0.217. The molecule has 1 unspecified atom stereocenters. The number of aromatic hydroxyl groups is 1. The Morgan fingerprint density at radius 2 is 1.47 bits per heavy atom. The van der Waals surface area contributed by atoms with Gasteiger partial charge in [-0.2, -0.15) is 8.42 Å². The lowest BCUT2D eigenvalue weighted by Gasteiger charge is -2.06. The maximum Gasteiger partial charge on any atom is 0.399 e. The van der Waals surface area contributed by atoms with Crippen LogP contribution < -0.4 is 0 Å². The summed E-state index contributed by atoms with van der Waals surface area (Å²) in [4.78, 5) is 1.34. The lowest BCUT2D eigenvalue weighted by molar-refractivity contribution is 0.236. The molecule has 5 nitrogen and oxygen atoms in total. The summed E-state index contributed by atoms with van der Waals surface area (Å²) in [5, 5.41) is 9.41. The molecule has 0 aliphatic heterocycles. The molecule has 1 atom stereocenters. The van der Waals surface area contributed by atoms with Crippen LogP contribution in [-0.2, 0) is 42.0 Å². The van der Waals surface area contributed by atoms with E-state index in [1.807, 2.05) is 24.3 Å². The predicted octanol–water partition coefficient (Wildman–Crippen LogP) is 4.60. The molecule has 0 spiro atoms. The fourth-order valence-corrected chi connectivity index (χ4v) is 4.82. The van der Waals surface area contributed by atoms with Crippen molar-refractivity contribution < 1.29 is 21.9 Å². The van der Waals surface area contributed by atoms with E-state index in [-0.39, 0.29) is 17.5 Å². The van der Waals surface area contributed by atoms with Gasteiger partial charge in [-0.15, -0.1) is 0 Å². The second kappa shape index (κ2) is 11.8. The van der Waals surface area contributed by atoms with Gasteiger partial charge in [0.2, 0.25) is 0 Å². The van der Waals surface area contributed by atoms with E-state index in [0.717, 1.165) is 18.4 Å². The van der Waals surface area contributed by atoms with Crippen LogP contribution in [-0.4, -0.2) is 26.9 Å². The van der Waals surface area contributed by atoms with Crippen molar-refractivity contribution in [2.45, 2.75) is 24.2 Å². The Kier molecular flexibility index (Phi) is 9.39. The fourth-order valence-electron chi connectivity index (χ4n) is 2.69. The maximum atomic E-state index is 10.7. The second-order valence-electron chi connectivity index (χ2n) is 6.54. The summed E-state index contributed by atoms with van der Waals surface area (Å²) in [7, 11) is -2.58. The third kappa shape index (κ3) is 8.20. The van der Waals surface area contributed by atoms with Crippen LogP contribution in [0.3, 0.4) is 0 Å². The third-order valence-corrected chi connectivity index (χ3v) is 6.97. The molecule has 0 aromatic heterocycles. The van der Waals surface area contributed by atoms with Gasteiger partial charge in [-0.05, 0) is 30.7 Å². The SMILES string of the molecule is COS(=O)(=O)OCc1ccccc1.Cc1cc(O)ccc1[S+](C)Cc1ccccc1. The summed E-state index contributed by atoms with van der Waals surface area (Å²) in [5.74, 6) is 1.41. The van der Waals surface area contributed by atoms with Crippen molar-refractivity contribution in [1.82, 2.24) is 0 Å². The van der Waals surface area contributed by atoms with Crippen LogP contribution in [0.4, 0.5) is 0 Å². The smallest absolute Gasteiger partial charge is 0.399 e. The largest absolute Gasteiger partial charge is 0.508 e. The standard InChI is InChI=1S/C15H16OS.C8H10O4S/c1-12-10-14(16)8-9-15(12)17(2)11-13-6-4-3-5-7-13;1-11-13(9,10)12-7-8-5-3-2-4-6-8/h3-10H,11H2,1-2H3;2-6H,7H2,1H3/p+1. The van der Waals surface area contributed by atoms with E-state index in [1.54, 1.807) is 30.3 Å². The molecule has 3 rings (SSSR count). The van der Waals surface area contributed by atoms with E-state index >= 15 is 0 Å². The molecule has 7 heteroatoms. The molecule has 0 amide bonds. The Balaban J connectivity index is 0.000000222. The zero-order valence-electron chi connectivity index (χ0n) is 17.3. The van der Waals surface area contributed by atoms with Crippen LogP contribution in [0.15, 0.2) is 83.8 Å². The van der Waals surface area contributed by atoms with Gasteiger partial charge in [0.1, 0.15) is 17.8 Å². The van der Waals surface area contributed by atoms with Crippen LogP contribution in [0.5, 0.6) is 5.75 Å². The molecule has 0 aliphatic rings. The van der Waals surface area contributed by atoms with Crippen LogP contribution in [0.25, 0.3) is 0 Å². The lowest BCUT2D eigenvalue weighted by Crippen LogP contribution is -2.06.